The number of nitrogens with one attached hydrogen (secondary N) is 2. The first-order valence-corrected chi connectivity index (χ1v) is 7.97. The third kappa shape index (κ3) is 3.03. The van der Waals surface area contributed by atoms with Gasteiger partial charge in [0.15, 0.2) is 5.96 Å². The molecule has 2 aliphatic carbocycles. The number of fused-ring (bicyclic) bond motifs is 2. The van der Waals surface area contributed by atoms with E-state index in [1.165, 1.54) is 25.7 Å². The number of ether oxygens (including phenoxy) is 2. The van der Waals surface area contributed by atoms with Crippen molar-refractivity contribution in [3.8, 4) is 0 Å². The zero-order chi connectivity index (χ0) is 14.0. The molecular formula is C15H28IN3O2. The van der Waals surface area contributed by atoms with Gasteiger partial charge in [-0.2, -0.15) is 0 Å². The first-order chi connectivity index (χ1) is 9.81. The smallest absolute Gasteiger partial charge is 0.191 e. The summed E-state index contributed by atoms with van der Waals surface area (Å²) in [6, 6.07) is 0.545. The lowest BCUT2D eigenvalue weighted by atomic mass is 9.46. The van der Waals surface area contributed by atoms with E-state index in [2.05, 4.69) is 22.5 Å². The van der Waals surface area contributed by atoms with Gasteiger partial charge in [-0.3, -0.25) is 4.99 Å². The SMILES string of the molecule is CCNC(=NCCOC)NC1C2CCOC2C12CCC2.I. The van der Waals surface area contributed by atoms with Crippen molar-refractivity contribution in [1.29, 1.82) is 0 Å². The normalized spacial score (nSPS) is 32.7. The van der Waals surface area contributed by atoms with Gasteiger partial charge in [-0.1, -0.05) is 6.42 Å². The van der Waals surface area contributed by atoms with Crippen LogP contribution in [0.2, 0.25) is 0 Å². The van der Waals surface area contributed by atoms with E-state index in [4.69, 9.17) is 9.47 Å². The number of methoxy groups -OCH3 is 1. The molecule has 1 aliphatic heterocycles. The standard InChI is InChI=1S/C15H27N3O2.HI/c1-3-16-14(17-8-10-19-2)18-12-11-5-9-20-13(11)15(12)6-4-7-15;/h11-13H,3-10H2,1-2H3,(H2,16,17,18);1H. The highest BCUT2D eigenvalue weighted by atomic mass is 127. The number of halogens is 1. The summed E-state index contributed by atoms with van der Waals surface area (Å²) in [4.78, 5) is 4.59. The fourth-order valence-corrected chi connectivity index (χ4v) is 4.17. The van der Waals surface area contributed by atoms with Gasteiger partial charge in [-0.05, 0) is 26.2 Å². The number of hydrogen-bond donors (Lipinski definition) is 2. The molecule has 122 valence electrons. The van der Waals surface area contributed by atoms with E-state index in [1.807, 2.05) is 0 Å². The van der Waals surface area contributed by atoms with Crippen LogP contribution in [0.3, 0.4) is 0 Å². The molecule has 0 amide bonds. The number of hydrogen-bond acceptors (Lipinski definition) is 3. The molecule has 2 N–H and O–H groups in total. The summed E-state index contributed by atoms with van der Waals surface area (Å²) in [5, 5.41) is 7.03. The number of guanidine groups is 1. The maximum absolute atomic E-state index is 5.96. The molecule has 0 aromatic rings. The molecule has 0 aromatic carbocycles. The molecule has 3 fully saturated rings. The van der Waals surface area contributed by atoms with E-state index in [0.29, 0.717) is 36.6 Å². The van der Waals surface area contributed by atoms with E-state index < -0.39 is 0 Å². The Labute approximate surface area is 144 Å². The Bertz CT molecular complexity index is 374. The average Bonchev–Trinajstić information content (AvgIpc) is 2.79. The second-order valence-electron chi connectivity index (χ2n) is 6.21. The minimum atomic E-state index is 0. The number of rotatable bonds is 5. The molecule has 0 bridgehead atoms. The maximum Gasteiger partial charge on any atom is 0.191 e. The zero-order valence-corrected chi connectivity index (χ0v) is 15.4. The monoisotopic (exact) mass is 409 g/mol. The third-order valence-electron chi connectivity index (χ3n) is 5.24. The third-order valence-corrected chi connectivity index (χ3v) is 5.24. The van der Waals surface area contributed by atoms with Crippen molar-refractivity contribution in [3.05, 3.63) is 0 Å². The molecule has 2 saturated carbocycles. The van der Waals surface area contributed by atoms with Crippen molar-refractivity contribution < 1.29 is 9.47 Å². The highest BCUT2D eigenvalue weighted by Gasteiger charge is 2.66. The molecule has 1 heterocycles. The molecule has 1 spiro atoms. The van der Waals surface area contributed by atoms with Gasteiger partial charge >= 0.3 is 0 Å². The van der Waals surface area contributed by atoms with E-state index in [0.717, 1.165) is 19.1 Å². The minimum absolute atomic E-state index is 0. The summed E-state index contributed by atoms with van der Waals surface area (Å²) in [5.74, 6) is 1.62. The Hall–Kier alpha value is -0.0800. The van der Waals surface area contributed by atoms with Crippen LogP contribution in [0.5, 0.6) is 0 Å². The molecular weight excluding hydrogens is 381 g/mol. The lowest BCUT2D eigenvalue weighted by Crippen LogP contribution is -2.72. The molecule has 3 aliphatic rings. The molecule has 1 saturated heterocycles. The first kappa shape index (κ1) is 17.3. The van der Waals surface area contributed by atoms with Crippen molar-refractivity contribution >= 4 is 29.9 Å². The Morgan fingerprint density at radius 3 is 2.86 bits per heavy atom. The topological polar surface area (TPSA) is 54.9 Å². The summed E-state index contributed by atoms with van der Waals surface area (Å²) >= 11 is 0. The predicted octanol–water partition coefficient (Wildman–Crippen LogP) is 1.76. The molecule has 21 heavy (non-hydrogen) atoms. The maximum atomic E-state index is 5.96. The predicted molar refractivity (Wildman–Crippen MR) is 94.3 cm³/mol. The summed E-state index contributed by atoms with van der Waals surface area (Å²) in [6.45, 7) is 5.31. The van der Waals surface area contributed by atoms with Gasteiger partial charge in [0.05, 0.1) is 19.3 Å². The lowest BCUT2D eigenvalue weighted by molar-refractivity contribution is -0.171. The van der Waals surface area contributed by atoms with Crippen molar-refractivity contribution in [2.24, 2.45) is 16.3 Å². The first-order valence-electron chi connectivity index (χ1n) is 7.97. The van der Waals surface area contributed by atoms with E-state index in [1.54, 1.807) is 7.11 Å². The Morgan fingerprint density at radius 2 is 2.24 bits per heavy atom. The van der Waals surface area contributed by atoms with Crippen molar-refractivity contribution in [1.82, 2.24) is 10.6 Å². The van der Waals surface area contributed by atoms with Gasteiger partial charge in [0, 0.05) is 37.6 Å². The molecule has 3 unspecified atom stereocenters. The van der Waals surface area contributed by atoms with Crippen LogP contribution in [-0.4, -0.2) is 51.5 Å². The van der Waals surface area contributed by atoms with Gasteiger partial charge in [0.1, 0.15) is 0 Å². The van der Waals surface area contributed by atoms with E-state index in [-0.39, 0.29) is 24.0 Å². The Kier molecular flexibility index (Phi) is 6.14. The summed E-state index contributed by atoms with van der Waals surface area (Å²) in [6.07, 6.45) is 5.67. The summed E-state index contributed by atoms with van der Waals surface area (Å²) in [5.41, 5.74) is 0.401. The van der Waals surface area contributed by atoms with Crippen LogP contribution in [0.15, 0.2) is 4.99 Å². The number of aliphatic imine (C=N–C) groups is 1. The van der Waals surface area contributed by atoms with Crippen LogP contribution >= 0.6 is 24.0 Å². The average molecular weight is 409 g/mol. The number of nitrogens with zero attached hydrogens (tertiary/aromatic N) is 1. The summed E-state index contributed by atoms with van der Waals surface area (Å²) < 4.78 is 11.0. The largest absolute Gasteiger partial charge is 0.383 e. The lowest BCUT2D eigenvalue weighted by Gasteiger charge is -2.63. The van der Waals surface area contributed by atoms with Crippen LogP contribution in [0.4, 0.5) is 0 Å². The van der Waals surface area contributed by atoms with Gasteiger partial charge in [0.2, 0.25) is 0 Å². The second kappa shape index (κ2) is 7.46. The Balaban J connectivity index is 0.00000161. The van der Waals surface area contributed by atoms with Gasteiger partial charge in [0.25, 0.3) is 0 Å². The van der Waals surface area contributed by atoms with Crippen LogP contribution in [0, 0.1) is 11.3 Å². The van der Waals surface area contributed by atoms with Gasteiger partial charge < -0.3 is 20.1 Å². The molecule has 0 aromatic heterocycles. The van der Waals surface area contributed by atoms with Crippen LogP contribution in [-0.2, 0) is 9.47 Å². The molecule has 3 atom stereocenters. The fraction of sp³-hybridized carbons (Fsp3) is 0.933. The van der Waals surface area contributed by atoms with Crippen LogP contribution in [0.1, 0.15) is 32.6 Å². The van der Waals surface area contributed by atoms with Crippen LogP contribution in [0.25, 0.3) is 0 Å². The van der Waals surface area contributed by atoms with E-state index >= 15 is 0 Å². The highest BCUT2D eigenvalue weighted by Crippen LogP contribution is 2.62. The molecule has 6 heteroatoms. The molecule has 5 nitrogen and oxygen atoms in total. The minimum Gasteiger partial charge on any atom is -0.383 e. The van der Waals surface area contributed by atoms with Crippen LogP contribution < -0.4 is 10.6 Å². The highest BCUT2D eigenvalue weighted by molar-refractivity contribution is 14.0. The van der Waals surface area contributed by atoms with Gasteiger partial charge in [-0.15, -0.1) is 24.0 Å². The fourth-order valence-electron chi connectivity index (χ4n) is 4.17. The Morgan fingerprint density at radius 1 is 1.43 bits per heavy atom. The van der Waals surface area contributed by atoms with Gasteiger partial charge in [-0.25, -0.2) is 0 Å². The molecule has 0 radical (unpaired) electrons. The quantitative estimate of drug-likeness (QED) is 0.315. The van der Waals surface area contributed by atoms with E-state index in [9.17, 15) is 0 Å². The second-order valence-corrected chi connectivity index (χ2v) is 6.21. The molecule has 3 rings (SSSR count). The van der Waals surface area contributed by atoms with Crippen molar-refractivity contribution in [2.45, 2.75) is 44.8 Å². The van der Waals surface area contributed by atoms with Crippen molar-refractivity contribution in [3.63, 3.8) is 0 Å². The zero-order valence-electron chi connectivity index (χ0n) is 13.1. The van der Waals surface area contributed by atoms with Crippen molar-refractivity contribution in [2.75, 3.05) is 33.4 Å². The summed E-state index contributed by atoms with van der Waals surface area (Å²) in [7, 11) is 1.71.